The molecule has 0 aromatic carbocycles. The largest absolute Gasteiger partial charge is 0.477 e. The van der Waals surface area contributed by atoms with Crippen LogP contribution in [0.25, 0.3) is 0 Å². The first kappa shape index (κ1) is 11.6. The van der Waals surface area contributed by atoms with Gasteiger partial charge in [0.2, 0.25) is 0 Å². The van der Waals surface area contributed by atoms with Gasteiger partial charge in [-0.25, -0.2) is 9.78 Å². The van der Waals surface area contributed by atoms with E-state index in [1.165, 1.54) is 0 Å². The zero-order chi connectivity index (χ0) is 12.4. The number of H-pyrrole nitrogens is 1. The fraction of sp³-hybridized carbons (Fsp3) is 0.300. The van der Waals surface area contributed by atoms with Gasteiger partial charge in [0.15, 0.2) is 5.13 Å². The third-order valence-electron chi connectivity index (χ3n) is 2.36. The minimum Gasteiger partial charge on any atom is -0.477 e. The van der Waals surface area contributed by atoms with Crippen molar-refractivity contribution in [1.82, 2.24) is 15.2 Å². The molecule has 2 aromatic rings. The van der Waals surface area contributed by atoms with Gasteiger partial charge in [-0.3, -0.25) is 5.10 Å². The van der Waals surface area contributed by atoms with Crippen LogP contribution in [0.3, 0.4) is 0 Å². The second-order valence-electron chi connectivity index (χ2n) is 3.61. The zero-order valence-corrected chi connectivity index (χ0v) is 10.3. The van der Waals surface area contributed by atoms with Gasteiger partial charge in [0.25, 0.3) is 0 Å². The predicted molar refractivity (Wildman–Crippen MR) is 64.5 cm³/mol. The van der Waals surface area contributed by atoms with E-state index in [2.05, 4.69) is 20.5 Å². The molecule has 2 heterocycles. The monoisotopic (exact) mass is 252 g/mol. The Labute approximate surface area is 102 Å². The molecule has 0 radical (unpaired) electrons. The molecule has 0 amide bonds. The number of thiazole rings is 1. The van der Waals surface area contributed by atoms with Gasteiger partial charge in [-0.2, -0.15) is 5.10 Å². The molecule has 2 aromatic heterocycles. The normalized spacial score (nSPS) is 10.5. The number of carboxylic acids is 1. The number of hydrogen-bond donors (Lipinski definition) is 3. The molecule has 0 unspecified atom stereocenters. The van der Waals surface area contributed by atoms with Crippen molar-refractivity contribution in [3.05, 3.63) is 28.0 Å². The minimum absolute atomic E-state index is 0.274. The van der Waals surface area contributed by atoms with Crippen molar-refractivity contribution in [3.8, 4) is 0 Å². The highest BCUT2D eigenvalue weighted by atomic mass is 32.1. The lowest BCUT2D eigenvalue weighted by Gasteiger charge is -2.00. The lowest BCUT2D eigenvalue weighted by Crippen LogP contribution is -1.99. The van der Waals surface area contributed by atoms with E-state index in [1.54, 1.807) is 13.1 Å². The summed E-state index contributed by atoms with van der Waals surface area (Å²) in [5.41, 5.74) is 2.56. The summed E-state index contributed by atoms with van der Waals surface area (Å²) >= 11 is 1.14. The first-order valence-corrected chi connectivity index (χ1v) is 5.83. The topological polar surface area (TPSA) is 90.9 Å². The highest BCUT2D eigenvalue weighted by molar-refractivity contribution is 7.17. The molecule has 7 heteroatoms. The van der Waals surface area contributed by atoms with E-state index in [-0.39, 0.29) is 4.88 Å². The second kappa shape index (κ2) is 4.54. The quantitative estimate of drug-likeness (QED) is 0.771. The maximum absolute atomic E-state index is 10.8. The molecule has 0 aliphatic heterocycles. The Bertz CT molecular complexity index is 546. The van der Waals surface area contributed by atoms with Crippen molar-refractivity contribution in [3.63, 3.8) is 0 Å². The fourth-order valence-corrected chi connectivity index (χ4v) is 2.20. The molecule has 0 saturated carbocycles. The van der Waals surface area contributed by atoms with E-state index in [4.69, 9.17) is 5.11 Å². The summed E-state index contributed by atoms with van der Waals surface area (Å²) in [6.07, 6.45) is 1.74. The molecule has 0 saturated heterocycles. The molecule has 0 fully saturated rings. The number of hydrogen-bond acceptors (Lipinski definition) is 5. The highest BCUT2D eigenvalue weighted by Crippen LogP contribution is 2.23. The number of aromatic nitrogens is 3. The average molecular weight is 252 g/mol. The molecule has 0 aliphatic carbocycles. The van der Waals surface area contributed by atoms with E-state index in [9.17, 15) is 4.79 Å². The summed E-state index contributed by atoms with van der Waals surface area (Å²) in [6.45, 7) is 4.20. The molecule has 3 N–H and O–H groups in total. The van der Waals surface area contributed by atoms with Crippen LogP contribution in [0.2, 0.25) is 0 Å². The van der Waals surface area contributed by atoms with E-state index < -0.39 is 5.97 Å². The van der Waals surface area contributed by atoms with Crippen LogP contribution in [-0.2, 0) is 6.54 Å². The van der Waals surface area contributed by atoms with E-state index in [1.807, 2.05) is 6.92 Å². The number of carbonyl (C=O) groups is 1. The van der Waals surface area contributed by atoms with Gasteiger partial charge in [0.05, 0.1) is 11.9 Å². The second-order valence-corrected chi connectivity index (χ2v) is 4.61. The summed E-state index contributed by atoms with van der Waals surface area (Å²) in [6, 6.07) is 0. The van der Waals surface area contributed by atoms with Gasteiger partial charge in [-0.05, 0) is 13.8 Å². The molecular weight excluding hydrogens is 240 g/mol. The van der Waals surface area contributed by atoms with Crippen molar-refractivity contribution in [2.75, 3.05) is 5.32 Å². The van der Waals surface area contributed by atoms with Gasteiger partial charge in [-0.15, -0.1) is 0 Å². The van der Waals surface area contributed by atoms with Crippen LogP contribution in [0.4, 0.5) is 5.13 Å². The minimum atomic E-state index is -0.937. The molecule has 0 aliphatic rings. The average Bonchev–Trinajstić information content (AvgIpc) is 2.82. The van der Waals surface area contributed by atoms with Gasteiger partial charge < -0.3 is 10.4 Å². The summed E-state index contributed by atoms with van der Waals surface area (Å²) in [7, 11) is 0. The van der Waals surface area contributed by atoms with Gasteiger partial charge in [-0.1, -0.05) is 11.3 Å². The third kappa shape index (κ3) is 2.44. The van der Waals surface area contributed by atoms with Crippen molar-refractivity contribution >= 4 is 22.4 Å². The number of anilines is 1. The van der Waals surface area contributed by atoms with Crippen molar-refractivity contribution in [2.24, 2.45) is 0 Å². The fourth-order valence-electron chi connectivity index (χ4n) is 1.40. The lowest BCUT2D eigenvalue weighted by atomic mass is 10.3. The van der Waals surface area contributed by atoms with Crippen LogP contribution < -0.4 is 5.32 Å². The number of nitrogens with zero attached hydrogens (tertiary/aromatic N) is 2. The third-order valence-corrected chi connectivity index (χ3v) is 3.46. The maximum Gasteiger partial charge on any atom is 0.347 e. The molecule has 0 atom stereocenters. The van der Waals surface area contributed by atoms with Crippen LogP contribution in [0.15, 0.2) is 6.20 Å². The van der Waals surface area contributed by atoms with Crippen LogP contribution in [0, 0.1) is 13.8 Å². The maximum atomic E-state index is 10.8. The molecule has 2 rings (SSSR count). The molecule has 17 heavy (non-hydrogen) atoms. The Morgan fingerprint density at radius 2 is 2.35 bits per heavy atom. The zero-order valence-electron chi connectivity index (χ0n) is 9.44. The first-order valence-electron chi connectivity index (χ1n) is 5.01. The summed E-state index contributed by atoms with van der Waals surface area (Å²) in [5.74, 6) is -0.937. The van der Waals surface area contributed by atoms with Crippen LogP contribution in [-0.4, -0.2) is 26.3 Å². The number of aromatic amines is 1. The van der Waals surface area contributed by atoms with Gasteiger partial charge >= 0.3 is 5.97 Å². The van der Waals surface area contributed by atoms with Crippen LogP contribution in [0.1, 0.15) is 26.6 Å². The Balaban J connectivity index is 2.07. The molecule has 0 spiro atoms. The number of aromatic carboxylic acids is 1. The predicted octanol–water partition coefficient (Wildman–Crippen LogP) is 1.79. The van der Waals surface area contributed by atoms with Crippen molar-refractivity contribution in [2.45, 2.75) is 20.4 Å². The Hall–Kier alpha value is -1.89. The van der Waals surface area contributed by atoms with E-state index in [0.29, 0.717) is 17.4 Å². The van der Waals surface area contributed by atoms with E-state index in [0.717, 1.165) is 22.6 Å². The lowest BCUT2D eigenvalue weighted by molar-refractivity contribution is 0.0701. The molecule has 6 nitrogen and oxygen atoms in total. The molecule has 90 valence electrons. The Kier molecular flexibility index (Phi) is 3.10. The summed E-state index contributed by atoms with van der Waals surface area (Å²) in [4.78, 5) is 15.3. The number of aryl methyl sites for hydroxylation is 2. The van der Waals surface area contributed by atoms with Crippen molar-refractivity contribution < 1.29 is 9.90 Å². The summed E-state index contributed by atoms with van der Waals surface area (Å²) in [5, 5.41) is 19.4. The van der Waals surface area contributed by atoms with E-state index >= 15 is 0 Å². The number of rotatable bonds is 4. The molecular formula is C10H12N4O2S. The van der Waals surface area contributed by atoms with Crippen LogP contribution in [0.5, 0.6) is 0 Å². The molecule has 0 bridgehead atoms. The number of nitrogens with one attached hydrogen (secondary N) is 2. The van der Waals surface area contributed by atoms with Gasteiger partial charge in [0.1, 0.15) is 4.88 Å². The summed E-state index contributed by atoms with van der Waals surface area (Å²) < 4.78 is 0. The van der Waals surface area contributed by atoms with Crippen LogP contribution >= 0.6 is 11.3 Å². The van der Waals surface area contributed by atoms with Crippen molar-refractivity contribution in [1.29, 1.82) is 0 Å². The highest BCUT2D eigenvalue weighted by Gasteiger charge is 2.13. The Morgan fingerprint density at radius 3 is 2.88 bits per heavy atom. The van der Waals surface area contributed by atoms with Gasteiger partial charge in [0, 0.05) is 17.8 Å². The Morgan fingerprint density at radius 1 is 1.59 bits per heavy atom. The smallest absolute Gasteiger partial charge is 0.347 e. The first-order chi connectivity index (χ1) is 8.08. The SMILES string of the molecule is Cc1nc(NCc2cn[nH]c2C)sc1C(=O)O. The standard InChI is InChI=1S/C10H12N4O2S/c1-5-7(4-12-14-5)3-11-10-13-6(2)8(17-10)9(15)16/h4H,3H2,1-2H3,(H,11,13)(H,12,14)(H,15,16). The number of carboxylic acid groups (broad SMARTS) is 1.